The van der Waals surface area contributed by atoms with Gasteiger partial charge in [0.1, 0.15) is 11.6 Å². The first-order chi connectivity index (χ1) is 18.5. The molecule has 0 amide bonds. The van der Waals surface area contributed by atoms with Gasteiger partial charge in [-0.25, -0.2) is 4.98 Å². The average molecular weight is 519 g/mol. The van der Waals surface area contributed by atoms with E-state index in [0.29, 0.717) is 5.95 Å². The maximum Gasteiger partial charge on any atom is 0.229 e. The molecule has 0 radical (unpaired) electrons. The van der Waals surface area contributed by atoms with Crippen molar-refractivity contribution >= 4 is 34.5 Å². The number of anilines is 6. The van der Waals surface area contributed by atoms with Crippen molar-refractivity contribution in [2.75, 3.05) is 79.7 Å². The van der Waals surface area contributed by atoms with E-state index >= 15 is 0 Å². The van der Waals surface area contributed by atoms with Crippen molar-refractivity contribution in [3.63, 3.8) is 0 Å². The van der Waals surface area contributed by atoms with Crippen LogP contribution in [0.1, 0.15) is 19.4 Å². The Balaban J connectivity index is 1.46. The third-order valence-electron chi connectivity index (χ3n) is 6.99. The molecule has 9 heteroatoms. The zero-order chi connectivity index (χ0) is 26.5. The maximum atomic E-state index is 5.59. The van der Waals surface area contributed by atoms with Gasteiger partial charge in [-0.2, -0.15) is 4.98 Å². The molecule has 2 fully saturated rings. The van der Waals surface area contributed by atoms with E-state index in [9.17, 15) is 0 Å². The van der Waals surface area contributed by atoms with Crippen LogP contribution in [0, 0.1) is 6.92 Å². The summed E-state index contributed by atoms with van der Waals surface area (Å²) in [5, 5.41) is 3.50. The lowest BCUT2D eigenvalue weighted by molar-refractivity contribution is 0.122. The van der Waals surface area contributed by atoms with Crippen LogP contribution in [0.4, 0.5) is 34.5 Å². The van der Waals surface area contributed by atoms with Gasteiger partial charge in [-0.05, 0) is 56.7 Å². The number of benzene rings is 2. The van der Waals surface area contributed by atoms with Gasteiger partial charge in [-0.3, -0.25) is 0 Å². The zero-order valence-corrected chi connectivity index (χ0v) is 22.8. The molecule has 2 aromatic carbocycles. The molecule has 0 unspecified atom stereocenters. The molecular weight excluding hydrogens is 480 g/mol. The highest BCUT2D eigenvalue weighted by Crippen LogP contribution is 2.34. The summed E-state index contributed by atoms with van der Waals surface area (Å²) in [6.07, 6.45) is 1.81. The molecule has 202 valence electrons. The van der Waals surface area contributed by atoms with E-state index < -0.39 is 0 Å². The number of aryl methyl sites for hydroxylation is 1. The average Bonchev–Trinajstić information content (AvgIpc) is 2.95. The molecule has 38 heavy (non-hydrogen) atoms. The number of methoxy groups -OCH3 is 1. The maximum absolute atomic E-state index is 5.59. The number of morpholine rings is 2. The van der Waals surface area contributed by atoms with Gasteiger partial charge >= 0.3 is 0 Å². The summed E-state index contributed by atoms with van der Waals surface area (Å²) in [7, 11) is 1.69. The first-order valence-corrected chi connectivity index (χ1v) is 13.4. The number of hydrogen-bond donors (Lipinski definition) is 1. The van der Waals surface area contributed by atoms with Gasteiger partial charge in [0.05, 0.1) is 33.5 Å². The molecule has 2 aliphatic heterocycles. The van der Waals surface area contributed by atoms with Crippen LogP contribution in [0.5, 0.6) is 5.75 Å². The molecule has 3 heterocycles. The van der Waals surface area contributed by atoms with Gasteiger partial charge in [0.15, 0.2) is 0 Å². The van der Waals surface area contributed by atoms with E-state index in [4.69, 9.17) is 19.2 Å². The number of ether oxygens (including phenoxy) is 3. The second kappa shape index (κ2) is 11.9. The van der Waals surface area contributed by atoms with Crippen LogP contribution < -0.4 is 24.8 Å². The molecule has 2 saturated heterocycles. The molecule has 5 rings (SSSR count). The van der Waals surface area contributed by atoms with E-state index in [1.54, 1.807) is 7.11 Å². The molecule has 0 atom stereocenters. The second-order valence-electron chi connectivity index (χ2n) is 9.92. The fourth-order valence-electron chi connectivity index (χ4n) is 4.99. The lowest BCUT2D eigenvalue weighted by Crippen LogP contribution is -2.38. The molecule has 1 aromatic heterocycles. The lowest BCUT2D eigenvalue weighted by Gasteiger charge is -2.33. The van der Waals surface area contributed by atoms with Gasteiger partial charge in [0, 0.05) is 67.2 Å². The number of aromatic nitrogens is 2. The third kappa shape index (κ3) is 5.95. The quantitative estimate of drug-likeness (QED) is 0.454. The number of nitrogens with zero attached hydrogens (tertiary/aromatic N) is 5. The van der Waals surface area contributed by atoms with E-state index in [1.807, 2.05) is 18.3 Å². The Kier molecular flexibility index (Phi) is 8.14. The number of rotatable bonds is 8. The molecule has 0 aliphatic carbocycles. The summed E-state index contributed by atoms with van der Waals surface area (Å²) in [6, 6.07) is 14.9. The topological polar surface area (TPSA) is 75.2 Å². The molecule has 2 aliphatic rings. The minimum Gasteiger partial charge on any atom is -0.497 e. The highest BCUT2D eigenvalue weighted by molar-refractivity contribution is 5.72. The van der Waals surface area contributed by atoms with Crippen molar-refractivity contribution in [2.45, 2.75) is 26.8 Å². The minimum absolute atomic E-state index is 0.182. The predicted molar refractivity (Wildman–Crippen MR) is 153 cm³/mol. The van der Waals surface area contributed by atoms with Crippen LogP contribution in [0.2, 0.25) is 0 Å². The number of hydrogen-bond acceptors (Lipinski definition) is 9. The van der Waals surface area contributed by atoms with Crippen molar-refractivity contribution in [1.82, 2.24) is 9.97 Å². The SMILES string of the molecule is COc1ccc(C)c(N(c2ccnc(Nc3cc(N4CCOCC4)cc(N4CCOCC4)c3)n2)C(C)C)c1. The van der Waals surface area contributed by atoms with E-state index in [2.05, 4.69) is 76.1 Å². The van der Waals surface area contributed by atoms with Crippen LogP contribution in [-0.2, 0) is 9.47 Å². The van der Waals surface area contributed by atoms with Crippen molar-refractivity contribution < 1.29 is 14.2 Å². The molecule has 9 nitrogen and oxygen atoms in total. The molecule has 0 saturated carbocycles. The monoisotopic (exact) mass is 518 g/mol. The summed E-state index contributed by atoms with van der Waals surface area (Å²) in [5.74, 6) is 2.20. The summed E-state index contributed by atoms with van der Waals surface area (Å²) in [5.41, 5.74) is 5.52. The lowest BCUT2D eigenvalue weighted by atomic mass is 10.1. The van der Waals surface area contributed by atoms with E-state index in [1.165, 1.54) is 11.4 Å². The van der Waals surface area contributed by atoms with Crippen molar-refractivity contribution in [3.05, 3.63) is 54.2 Å². The smallest absolute Gasteiger partial charge is 0.229 e. The summed E-state index contributed by atoms with van der Waals surface area (Å²) in [4.78, 5) is 16.5. The Morgan fingerprint density at radius 3 is 2.11 bits per heavy atom. The first-order valence-electron chi connectivity index (χ1n) is 13.4. The summed E-state index contributed by atoms with van der Waals surface area (Å²) >= 11 is 0. The van der Waals surface area contributed by atoms with Gasteiger partial charge in [0.2, 0.25) is 5.95 Å². The Bertz CT molecular complexity index is 1190. The van der Waals surface area contributed by atoms with Gasteiger partial charge in [-0.15, -0.1) is 0 Å². The highest BCUT2D eigenvalue weighted by Gasteiger charge is 2.20. The fraction of sp³-hybridized carbons (Fsp3) is 0.448. The minimum atomic E-state index is 0.182. The van der Waals surface area contributed by atoms with Crippen LogP contribution in [-0.4, -0.2) is 75.7 Å². The van der Waals surface area contributed by atoms with Crippen LogP contribution in [0.25, 0.3) is 0 Å². The van der Waals surface area contributed by atoms with Gasteiger partial charge in [-0.1, -0.05) is 6.07 Å². The van der Waals surface area contributed by atoms with Crippen molar-refractivity contribution in [1.29, 1.82) is 0 Å². The standard InChI is InChI=1S/C29H38N6O3/c1-21(2)35(27-20-26(36-4)6-5-22(27)3)28-7-8-30-29(32-28)31-23-17-24(33-9-13-37-14-10-33)19-25(18-23)34-11-15-38-16-12-34/h5-8,17-21H,9-16H2,1-4H3,(H,30,31,32). The Morgan fingerprint density at radius 2 is 1.53 bits per heavy atom. The van der Waals surface area contributed by atoms with Gasteiger partial charge < -0.3 is 34.2 Å². The Morgan fingerprint density at radius 1 is 0.895 bits per heavy atom. The van der Waals surface area contributed by atoms with Crippen LogP contribution in [0.3, 0.4) is 0 Å². The Hall–Kier alpha value is -3.56. The number of nitrogens with one attached hydrogen (secondary N) is 1. The van der Waals surface area contributed by atoms with Gasteiger partial charge in [0.25, 0.3) is 0 Å². The largest absolute Gasteiger partial charge is 0.497 e. The predicted octanol–water partition coefficient (Wildman–Crippen LogP) is 4.76. The van der Waals surface area contributed by atoms with E-state index in [-0.39, 0.29) is 6.04 Å². The van der Waals surface area contributed by atoms with E-state index in [0.717, 1.165) is 81.1 Å². The van der Waals surface area contributed by atoms with Crippen LogP contribution in [0.15, 0.2) is 48.7 Å². The summed E-state index contributed by atoms with van der Waals surface area (Å²) in [6.45, 7) is 12.9. The highest BCUT2D eigenvalue weighted by atomic mass is 16.5. The van der Waals surface area contributed by atoms with Crippen molar-refractivity contribution in [2.24, 2.45) is 0 Å². The molecule has 0 spiro atoms. The summed E-state index contributed by atoms with van der Waals surface area (Å²) < 4.78 is 16.7. The normalized spacial score (nSPS) is 16.0. The van der Waals surface area contributed by atoms with Crippen molar-refractivity contribution in [3.8, 4) is 5.75 Å². The van der Waals surface area contributed by atoms with Crippen LogP contribution >= 0.6 is 0 Å². The first kappa shape index (κ1) is 26.1. The zero-order valence-electron chi connectivity index (χ0n) is 22.8. The third-order valence-corrected chi connectivity index (χ3v) is 6.99. The second-order valence-corrected chi connectivity index (χ2v) is 9.92. The molecule has 1 N–H and O–H groups in total. The molecule has 3 aromatic rings. The molecular formula is C29H38N6O3. The molecule has 0 bridgehead atoms. The fourth-order valence-corrected chi connectivity index (χ4v) is 4.99. The Labute approximate surface area is 225 Å².